The first-order chi connectivity index (χ1) is 8.07. The monoisotopic (exact) mass is 295 g/mol. The Morgan fingerprint density at radius 2 is 1.94 bits per heavy atom. The van der Waals surface area contributed by atoms with Crippen LogP contribution in [0, 0.1) is 5.41 Å². The van der Waals surface area contributed by atoms with Gasteiger partial charge in [0, 0.05) is 11.0 Å². The van der Waals surface area contributed by atoms with E-state index in [1.54, 1.807) is 0 Å². The van der Waals surface area contributed by atoms with E-state index in [1.165, 1.54) is 42.4 Å². The van der Waals surface area contributed by atoms with Crippen LogP contribution in [0.4, 0.5) is 0 Å². The molecule has 0 N–H and O–H groups in total. The lowest BCUT2D eigenvalue weighted by Crippen LogP contribution is -2.25. The molecule has 1 aliphatic heterocycles. The second kappa shape index (κ2) is 5.53. The van der Waals surface area contributed by atoms with Gasteiger partial charge in [-0.25, -0.2) is 0 Å². The molecule has 1 aliphatic rings. The Morgan fingerprint density at radius 3 is 2.71 bits per heavy atom. The quantitative estimate of drug-likeness (QED) is 0.778. The van der Waals surface area contributed by atoms with Crippen LogP contribution in [0.5, 0.6) is 0 Å². The third kappa shape index (κ3) is 3.82. The summed E-state index contributed by atoms with van der Waals surface area (Å²) in [7, 11) is 0. The molecule has 2 heteroatoms. The van der Waals surface area contributed by atoms with Gasteiger partial charge in [-0.05, 0) is 49.4 Å². The summed E-state index contributed by atoms with van der Waals surface area (Å²) < 4.78 is 1.24. The Hall–Kier alpha value is -0.340. The summed E-state index contributed by atoms with van der Waals surface area (Å²) in [6.07, 6.45) is 4.01. The van der Waals surface area contributed by atoms with E-state index < -0.39 is 0 Å². The highest BCUT2D eigenvalue weighted by Crippen LogP contribution is 2.30. The molecule has 0 unspecified atom stereocenters. The van der Waals surface area contributed by atoms with Crippen molar-refractivity contribution in [1.29, 1.82) is 0 Å². The molecule has 0 saturated carbocycles. The molecule has 1 heterocycles. The summed E-state index contributed by atoms with van der Waals surface area (Å²) in [6.45, 7) is 8.35. The van der Waals surface area contributed by atoms with Crippen molar-refractivity contribution < 1.29 is 0 Å². The highest BCUT2D eigenvalue weighted by atomic mass is 79.9. The number of hydrogen-bond donors (Lipinski definition) is 0. The summed E-state index contributed by atoms with van der Waals surface area (Å²) in [6, 6.07) is 8.57. The van der Waals surface area contributed by atoms with Crippen molar-refractivity contribution in [3.8, 4) is 0 Å². The van der Waals surface area contributed by atoms with E-state index in [0.717, 1.165) is 6.54 Å². The molecule has 1 nitrogen and oxygen atoms in total. The van der Waals surface area contributed by atoms with E-state index in [4.69, 9.17) is 0 Å². The smallest absolute Gasteiger partial charge is 0.0244 e. The molecule has 0 bridgehead atoms. The van der Waals surface area contributed by atoms with Crippen LogP contribution in [0.1, 0.15) is 38.7 Å². The van der Waals surface area contributed by atoms with Gasteiger partial charge in [0.25, 0.3) is 0 Å². The lowest BCUT2D eigenvalue weighted by molar-refractivity contribution is 0.255. The highest BCUT2D eigenvalue weighted by molar-refractivity contribution is 9.10. The van der Waals surface area contributed by atoms with Crippen molar-refractivity contribution in [2.75, 3.05) is 13.1 Å². The number of likely N-dealkylation sites (tertiary alicyclic amines) is 1. The van der Waals surface area contributed by atoms with Crippen LogP contribution < -0.4 is 0 Å². The van der Waals surface area contributed by atoms with Crippen molar-refractivity contribution >= 4 is 15.9 Å². The molecule has 0 atom stereocenters. The third-order valence-electron chi connectivity index (χ3n) is 3.78. The van der Waals surface area contributed by atoms with Crippen LogP contribution in [0.2, 0.25) is 0 Å². The number of nitrogens with zero attached hydrogens (tertiary/aromatic N) is 1. The maximum Gasteiger partial charge on any atom is 0.0244 e. The van der Waals surface area contributed by atoms with Crippen molar-refractivity contribution in [2.24, 2.45) is 5.41 Å². The number of benzene rings is 1. The van der Waals surface area contributed by atoms with Gasteiger partial charge in [-0.1, -0.05) is 48.0 Å². The summed E-state index contributed by atoms with van der Waals surface area (Å²) in [5, 5.41) is 0. The fourth-order valence-electron chi connectivity index (χ4n) is 2.50. The fourth-order valence-corrected chi connectivity index (χ4v) is 2.91. The van der Waals surface area contributed by atoms with Crippen molar-refractivity contribution in [3.05, 3.63) is 34.3 Å². The molecular formula is C15H22BrN. The highest BCUT2D eigenvalue weighted by Gasteiger charge is 2.23. The van der Waals surface area contributed by atoms with Gasteiger partial charge in [-0.3, -0.25) is 4.90 Å². The molecule has 0 spiro atoms. The minimum Gasteiger partial charge on any atom is -0.299 e. The standard InChI is InChI=1S/C15H22BrN/c1-15(2)8-5-10-17(11-9-15)12-13-6-3-4-7-14(13)16/h3-4,6-7H,5,8-12H2,1-2H3. The Kier molecular flexibility index (Phi) is 4.26. The Bertz CT molecular complexity index is 373. The van der Waals surface area contributed by atoms with Crippen LogP contribution in [0.3, 0.4) is 0 Å². The van der Waals surface area contributed by atoms with Gasteiger partial charge in [-0.2, -0.15) is 0 Å². The summed E-state index contributed by atoms with van der Waals surface area (Å²) >= 11 is 3.64. The van der Waals surface area contributed by atoms with Crippen molar-refractivity contribution in [2.45, 2.75) is 39.7 Å². The lowest BCUT2D eigenvalue weighted by atomic mass is 9.85. The summed E-state index contributed by atoms with van der Waals surface area (Å²) in [4.78, 5) is 2.59. The lowest BCUT2D eigenvalue weighted by Gasteiger charge is -2.23. The molecule has 0 aromatic heterocycles. The third-order valence-corrected chi connectivity index (χ3v) is 4.56. The molecule has 1 aromatic carbocycles. The zero-order valence-corrected chi connectivity index (χ0v) is 12.5. The number of rotatable bonds is 2. The molecule has 94 valence electrons. The minimum absolute atomic E-state index is 0.530. The van der Waals surface area contributed by atoms with Crippen LogP contribution in [-0.2, 0) is 6.54 Å². The topological polar surface area (TPSA) is 3.24 Å². The van der Waals surface area contributed by atoms with Crippen LogP contribution >= 0.6 is 15.9 Å². The first-order valence-corrected chi connectivity index (χ1v) is 7.32. The fraction of sp³-hybridized carbons (Fsp3) is 0.600. The van der Waals surface area contributed by atoms with Gasteiger partial charge in [0.05, 0.1) is 0 Å². The van der Waals surface area contributed by atoms with Crippen LogP contribution in [0.25, 0.3) is 0 Å². The summed E-state index contributed by atoms with van der Waals surface area (Å²) in [5.41, 5.74) is 1.94. The molecule has 0 radical (unpaired) electrons. The van der Waals surface area contributed by atoms with E-state index in [2.05, 4.69) is 58.9 Å². The van der Waals surface area contributed by atoms with Gasteiger partial charge < -0.3 is 0 Å². The Labute approximate surface area is 113 Å². The largest absolute Gasteiger partial charge is 0.299 e. The van der Waals surface area contributed by atoms with Gasteiger partial charge in [0.2, 0.25) is 0 Å². The average molecular weight is 296 g/mol. The van der Waals surface area contributed by atoms with E-state index in [-0.39, 0.29) is 0 Å². The van der Waals surface area contributed by atoms with Gasteiger partial charge in [0.1, 0.15) is 0 Å². The molecule has 1 fully saturated rings. The van der Waals surface area contributed by atoms with E-state index in [9.17, 15) is 0 Å². The molecule has 17 heavy (non-hydrogen) atoms. The number of halogens is 1. The zero-order chi connectivity index (χ0) is 12.3. The van der Waals surface area contributed by atoms with Crippen molar-refractivity contribution in [3.63, 3.8) is 0 Å². The normalized spacial score (nSPS) is 21.1. The predicted molar refractivity (Wildman–Crippen MR) is 77.1 cm³/mol. The van der Waals surface area contributed by atoms with Crippen molar-refractivity contribution in [1.82, 2.24) is 4.90 Å². The second-order valence-electron chi connectivity index (χ2n) is 5.89. The van der Waals surface area contributed by atoms with E-state index in [1.807, 2.05) is 0 Å². The van der Waals surface area contributed by atoms with Gasteiger partial charge >= 0.3 is 0 Å². The molecule has 1 aromatic rings. The first-order valence-electron chi connectivity index (χ1n) is 6.53. The molecule has 0 aliphatic carbocycles. The molecule has 1 saturated heterocycles. The average Bonchev–Trinajstić information content (AvgIpc) is 2.44. The first kappa shape index (κ1) is 13.1. The SMILES string of the molecule is CC1(C)CCCN(Cc2ccccc2Br)CC1. The number of hydrogen-bond acceptors (Lipinski definition) is 1. The Morgan fingerprint density at radius 1 is 1.18 bits per heavy atom. The summed E-state index contributed by atoms with van der Waals surface area (Å²) in [5.74, 6) is 0. The Balaban J connectivity index is 1.98. The van der Waals surface area contributed by atoms with Crippen LogP contribution in [0.15, 0.2) is 28.7 Å². The van der Waals surface area contributed by atoms with E-state index >= 15 is 0 Å². The molecule has 2 rings (SSSR count). The van der Waals surface area contributed by atoms with E-state index in [0.29, 0.717) is 5.41 Å². The van der Waals surface area contributed by atoms with Gasteiger partial charge in [-0.15, -0.1) is 0 Å². The van der Waals surface area contributed by atoms with Gasteiger partial charge in [0.15, 0.2) is 0 Å². The maximum atomic E-state index is 3.64. The second-order valence-corrected chi connectivity index (χ2v) is 6.74. The minimum atomic E-state index is 0.530. The van der Waals surface area contributed by atoms with Crippen LogP contribution in [-0.4, -0.2) is 18.0 Å². The predicted octanol–water partition coefficient (Wildman–Crippen LogP) is 4.46. The maximum absolute atomic E-state index is 3.64. The molecular weight excluding hydrogens is 274 g/mol. The zero-order valence-electron chi connectivity index (χ0n) is 10.9. The molecule has 0 amide bonds.